The number of hydrogen-bond donors (Lipinski definition) is 2. The molecule has 1 amide bonds. The summed E-state index contributed by atoms with van der Waals surface area (Å²) < 4.78 is 1.50. The lowest BCUT2D eigenvalue weighted by atomic mass is 10.00. The van der Waals surface area contributed by atoms with E-state index >= 15 is 0 Å². The van der Waals surface area contributed by atoms with Crippen molar-refractivity contribution in [2.45, 2.75) is 44.8 Å². The minimum atomic E-state index is -0.101. The standard InChI is InChI=1S/C17H22N4O2.ClH/c1-12-14(7-4-9-18-12)20-16(22)8-10-21-11-19-15-6-3-2-5-13(15)17(21)23;/h2-3,5-6,11-12,14,18H,4,7-10H2,1H3,(H,20,22);1H. The second kappa shape index (κ2) is 8.26. The largest absolute Gasteiger partial charge is 0.352 e. The molecule has 6 nitrogen and oxygen atoms in total. The molecule has 130 valence electrons. The number of carbonyl (C=O) groups is 1. The topological polar surface area (TPSA) is 76.0 Å². The predicted molar refractivity (Wildman–Crippen MR) is 96.5 cm³/mol. The first-order chi connectivity index (χ1) is 11.1. The van der Waals surface area contributed by atoms with Crippen molar-refractivity contribution in [2.24, 2.45) is 0 Å². The third-order valence-corrected chi connectivity index (χ3v) is 4.42. The van der Waals surface area contributed by atoms with Crippen LogP contribution in [0.1, 0.15) is 26.2 Å². The zero-order chi connectivity index (χ0) is 16.2. The number of rotatable bonds is 4. The van der Waals surface area contributed by atoms with Crippen LogP contribution in [0, 0.1) is 0 Å². The molecule has 0 bridgehead atoms. The van der Waals surface area contributed by atoms with Gasteiger partial charge in [-0.3, -0.25) is 14.2 Å². The Morgan fingerprint density at radius 1 is 1.42 bits per heavy atom. The summed E-state index contributed by atoms with van der Waals surface area (Å²) in [5.41, 5.74) is 0.580. The number of aryl methyl sites for hydroxylation is 1. The molecule has 2 aromatic rings. The molecule has 2 unspecified atom stereocenters. The van der Waals surface area contributed by atoms with Crippen LogP contribution in [0.3, 0.4) is 0 Å². The molecule has 1 saturated heterocycles. The second-order valence-electron chi connectivity index (χ2n) is 6.07. The van der Waals surface area contributed by atoms with Crippen LogP contribution in [0.15, 0.2) is 35.4 Å². The average Bonchev–Trinajstić information content (AvgIpc) is 2.57. The van der Waals surface area contributed by atoms with Gasteiger partial charge in [-0.25, -0.2) is 4.98 Å². The average molecular weight is 351 g/mol. The number of hydrogen-bond acceptors (Lipinski definition) is 4. The quantitative estimate of drug-likeness (QED) is 0.875. The number of fused-ring (bicyclic) bond motifs is 1. The van der Waals surface area contributed by atoms with Crippen molar-refractivity contribution in [3.05, 3.63) is 40.9 Å². The molecule has 1 aromatic carbocycles. The van der Waals surface area contributed by atoms with Gasteiger partial charge >= 0.3 is 0 Å². The van der Waals surface area contributed by atoms with Crippen molar-refractivity contribution in [1.82, 2.24) is 20.2 Å². The van der Waals surface area contributed by atoms with E-state index in [-0.39, 0.29) is 42.4 Å². The molecular formula is C17H23ClN4O2. The lowest BCUT2D eigenvalue weighted by Gasteiger charge is -2.30. The number of halogens is 1. The van der Waals surface area contributed by atoms with Crippen LogP contribution >= 0.6 is 12.4 Å². The van der Waals surface area contributed by atoms with E-state index in [1.807, 2.05) is 18.2 Å². The molecule has 7 heteroatoms. The normalized spacial score (nSPS) is 20.4. The third kappa shape index (κ3) is 4.13. The van der Waals surface area contributed by atoms with Gasteiger partial charge in [-0.05, 0) is 38.4 Å². The van der Waals surface area contributed by atoms with Gasteiger partial charge in [0.2, 0.25) is 5.91 Å². The van der Waals surface area contributed by atoms with Gasteiger partial charge in [0.1, 0.15) is 0 Å². The van der Waals surface area contributed by atoms with Crippen LogP contribution in [-0.2, 0) is 11.3 Å². The predicted octanol–water partition coefficient (Wildman–Crippen LogP) is 1.47. The van der Waals surface area contributed by atoms with E-state index in [9.17, 15) is 9.59 Å². The summed E-state index contributed by atoms with van der Waals surface area (Å²) >= 11 is 0. The van der Waals surface area contributed by atoms with Gasteiger partial charge in [0.25, 0.3) is 5.56 Å². The van der Waals surface area contributed by atoms with Crippen molar-refractivity contribution in [2.75, 3.05) is 6.54 Å². The molecule has 0 spiro atoms. The molecular weight excluding hydrogens is 328 g/mol. The number of carbonyl (C=O) groups excluding carboxylic acids is 1. The molecule has 1 aliphatic heterocycles. The number of piperidine rings is 1. The molecule has 2 heterocycles. The van der Waals surface area contributed by atoms with E-state index in [0.717, 1.165) is 19.4 Å². The zero-order valence-corrected chi connectivity index (χ0v) is 14.5. The highest BCUT2D eigenvalue weighted by Gasteiger charge is 2.22. The first-order valence-corrected chi connectivity index (χ1v) is 8.12. The minimum Gasteiger partial charge on any atom is -0.352 e. The maximum atomic E-state index is 12.4. The first-order valence-electron chi connectivity index (χ1n) is 8.12. The van der Waals surface area contributed by atoms with Crippen LogP contribution in [0.2, 0.25) is 0 Å². The molecule has 3 rings (SSSR count). The van der Waals surface area contributed by atoms with Crippen LogP contribution in [0.4, 0.5) is 0 Å². The van der Waals surface area contributed by atoms with Gasteiger partial charge in [-0.15, -0.1) is 12.4 Å². The van der Waals surface area contributed by atoms with Gasteiger partial charge in [-0.2, -0.15) is 0 Å². The van der Waals surface area contributed by atoms with Gasteiger partial charge in [0.15, 0.2) is 0 Å². The molecule has 2 atom stereocenters. The van der Waals surface area contributed by atoms with Crippen molar-refractivity contribution in [1.29, 1.82) is 0 Å². The zero-order valence-electron chi connectivity index (χ0n) is 13.7. The van der Waals surface area contributed by atoms with Crippen molar-refractivity contribution in [3.63, 3.8) is 0 Å². The first kappa shape index (κ1) is 18.4. The van der Waals surface area contributed by atoms with Gasteiger partial charge < -0.3 is 10.6 Å². The van der Waals surface area contributed by atoms with E-state index in [1.54, 1.807) is 6.07 Å². The fourth-order valence-electron chi connectivity index (χ4n) is 3.01. The molecule has 24 heavy (non-hydrogen) atoms. The Bertz CT molecular complexity index is 762. The Morgan fingerprint density at radius 2 is 2.21 bits per heavy atom. The Morgan fingerprint density at radius 3 is 3.00 bits per heavy atom. The summed E-state index contributed by atoms with van der Waals surface area (Å²) in [4.78, 5) is 28.8. The fraction of sp³-hybridized carbons (Fsp3) is 0.471. The number of nitrogens with zero attached hydrogens (tertiary/aromatic N) is 2. The molecule has 0 saturated carbocycles. The molecule has 0 aliphatic carbocycles. The van der Waals surface area contributed by atoms with E-state index in [4.69, 9.17) is 0 Å². The van der Waals surface area contributed by atoms with E-state index < -0.39 is 0 Å². The SMILES string of the molecule is CC1NCCCC1NC(=O)CCn1cnc2ccccc2c1=O.Cl. The smallest absolute Gasteiger partial charge is 0.261 e. The summed E-state index contributed by atoms with van der Waals surface area (Å²) in [5, 5.41) is 7.00. The van der Waals surface area contributed by atoms with Crippen LogP contribution in [0.5, 0.6) is 0 Å². The van der Waals surface area contributed by atoms with Gasteiger partial charge in [0.05, 0.1) is 17.2 Å². The highest BCUT2D eigenvalue weighted by atomic mass is 35.5. The number of amides is 1. The Kier molecular flexibility index (Phi) is 6.34. The number of aromatic nitrogens is 2. The van der Waals surface area contributed by atoms with Crippen LogP contribution in [-0.4, -0.2) is 34.1 Å². The Labute approximate surface area is 147 Å². The minimum absolute atomic E-state index is 0. The second-order valence-corrected chi connectivity index (χ2v) is 6.07. The highest BCUT2D eigenvalue weighted by Crippen LogP contribution is 2.08. The van der Waals surface area contributed by atoms with Crippen LogP contribution in [0.25, 0.3) is 10.9 Å². The van der Waals surface area contributed by atoms with Crippen molar-refractivity contribution >= 4 is 29.2 Å². The summed E-state index contributed by atoms with van der Waals surface area (Å²) in [6.45, 7) is 3.44. The van der Waals surface area contributed by atoms with Crippen molar-refractivity contribution < 1.29 is 4.79 Å². The molecule has 1 fully saturated rings. The number of benzene rings is 1. The van der Waals surface area contributed by atoms with E-state index in [0.29, 0.717) is 17.4 Å². The van der Waals surface area contributed by atoms with Crippen molar-refractivity contribution in [3.8, 4) is 0 Å². The maximum absolute atomic E-state index is 12.4. The molecule has 0 radical (unpaired) electrons. The van der Waals surface area contributed by atoms with Crippen LogP contribution < -0.4 is 16.2 Å². The maximum Gasteiger partial charge on any atom is 0.261 e. The van der Waals surface area contributed by atoms with E-state index in [1.165, 1.54) is 10.9 Å². The monoisotopic (exact) mass is 350 g/mol. The third-order valence-electron chi connectivity index (χ3n) is 4.42. The summed E-state index contributed by atoms with van der Waals surface area (Å²) in [6.07, 6.45) is 3.87. The lowest BCUT2D eigenvalue weighted by Crippen LogP contribution is -2.52. The molecule has 1 aliphatic rings. The Balaban J connectivity index is 0.00000208. The van der Waals surface area contributed by atoms with Gasteiger partial charge in [0, 0.05) is 25.0 Å². The van der Waals surface area contributed by atoms with Gasteiger partial charge in [-0.1, -0.05) is 12.1 Å². The lowest BCUT2D eigenvalue weighted by molar-refractivity contribution is -0.122. The Hall–Kier alpha value is -1.92. The molecule has 1 aromatic heterocycles. The summed E-state index contributed by atoms with van der Waals surface area (Å²) in [7, 11) is 0. The van der Waals surface area contributed by atoms with E-state index in [2.05, 4.69) is 22.5 Å². The summed E-state index contributed by atoms with van der Waals surface area (Å²) in [5.74, 6) is -0.0226. The summed E-state index contributed by atoms with van der Waals surface area (Å²) in [6, 6.07) is 7.70. The number of para-hydroxylation sites is 1. The molecule has 2 N–H and O–H groups in total. The number of nitrogens with one attached hydrogen (secondary N) is 2. The fourth-order valence-corrected chi connectivity index (χ4v) is 3.01. The highest BCUT2D eigenvalue weighted by molar-refractivity contribution is 5.85.